The van der Waals surface area contributed by atoms with E-state index in [2.05, 4.69) is 5.32 Å². The first kappa shape index (κ1) is 15.6. The number of carbonyl (C=O) groups is 1. The topological polar surface area (TPSA) is 69.6 Å². The fourth-order valence-electron chi connectivity index (χ4n) is 1.74. The molecule has 0 radical (unpaired) electrons. The molecule has 1 aromatic carbocycles. The lowest BCUT2D eigenvalue weighted by atomic mass is 10.1. The molecule has 1 atom stereocenters. The Morgan fingerprint density at radius 2 is 2.21 bits per heavy atom. The second-order valence-corrected chi connectivity index (χ2v) is 4.73. The van der Waals surface area contributed by atoms with Gasteiger partial charge in [-0.15, -0.1) is 0 Å². The molecule has 1 aromatic rings. The number of aliphatic hydroxyl groups is 1. The number of hydrogen-bond acceptors (Lipinski definition) is 3. The molecule has 0 aliphatic heterocycles. The Morgan fingerprint density at radius 3 is 2.79 bits per heavy atom. The van der Waals surface area contributed by atoms with Gasteiger partial charge in [0.2, 0.25) is 0 Å². The summed E-state index contributed by atoms with van der Waals surface area (Å²) in [6.45, 7) is 3.47. The Morgan fingerprint density at radius 1 is 1.47 bits per heavy atom. The van der Waals surface area contributed by atoms with Crippen LogP contribution >= 0.6 is 0 Å². The van der Waals surface area contributed by atoms with Crippen LogP contribution in [0.4, 0.5) is 4.39 Å². The van der Waals surface area contributed by atoms with Crippen LogP contribution in [0.15, 0.2) is 18.2 Å². The third kappa shape index (κ3) is 5.36. The highest BCUT2D eigenvalue weighted by molar-refractivity contribution is 5.87. The molecule has 5 heteroatoms. The fourth-order valence-corrected chi connectivity index (χ4v) is 1.74. The van der Waals surface area contributed by atoms with Gasteiger partial charge in [-0.05, 0) is 43.0 Å². The summed E-state index contributed by atoms with van der Waals surface area (Å²) in [5.74, 6) is -1.66. The summed E-state index contributed by atoms with van der Waals surface area (Å²) in [6, 6.07) is 4.13. The molecule has 0 aliphatic carbocycles. The molecule has 3 N–H and O–H groups in total. The van der Waals surface area contributed by atoms with E-state index in [0.29, 0.717) is 12.5 Å². The number of aromatic carboxylic acids is 1. The fraction of sp³-hybridized carbons (Fsp3) is 0.500. The quantitative estimate of drug-likeness (QED) is 0.631. The third-order valence-corrected chi connectivity index (χ3v) is 2.96. The summed E-state index contributed by atoms with van der Waals surface area (Å²) in [7, 11) is 0. The number of carboxylic acids is 1. The van der Waals surface area contributed by atoms with Gasteiger partial charge in [-0.3, -0.25) is 0 Å². The summed E-state index contributed by atoms with van der Waals surface area (Å²) in [5, 5.41) is 20.7. The molecule has 1 unspecified atom stereocenters. The van der Waals surface area contributed by atoms with Crippen molar-refractivity contribution in [3.05, 3.63) is 35.1 Å². The van der Waals surface area contributed by atoms with E-state index in [1.54, 1.807) is 6.07 Å². The summed E-state index contributed by atoms with van der Waals surface area (Å²) in [4.78, 5) is 10.6. The van der Waals surface area contributed by atoms with Crippen molar-refractivity contribution in [2.24, 2.45) is 5.92 Å². The molecule has 0 spiro atoms. The van der Waals surface area contributed by atoms with Crippen LogP contribution in [0.25, 0.3) is 0 Å². The largest absolute Gasteiger partial charge is 0.478 e. The van der Waals surface area contributed by atoms with Crippen LogP contribution in [0.3, 0.4) is 0 Å². The maximum Gasteiger partial charge on any atom is 0.338 e. The van der Waals surface area contributed by atoms with E-state index < -0.39 is 11.8 Å². The molecule has 106 valence electrons. The number of halogens is 1. The molecule has 0 bridgehead atoms. The number of benzene rings is 1. The molecule has 1 rings (SSSR count). The highest BCUT2D eigenvalue weighted by atomic mass is 19.1. The molecule has 0 aliphatic rings. The van der Waals surface area contributed by atoms with E-state index in [4.69, 9.17) is 10.2 Å². The average molecular weight is 269 g/mol. The molecule has 0 saturated heterocycles. The van der Waals surface area contributed by atoms with Crippen LogP contribution < -0.4 is 5.32 Å². The molecule has 0 amide bonds. The Balaban J connectivity index is 2.34. The summed E-state index contributed by atoms with van der Waals surface area (Å²) >= 11 is 0. The Bertz CT molecular complexity index is 423. The highest BCUT2D eigenvalue weighted by Gasteiger charge is 2.09. The van der Waals surface area contributed by atoms with Crippen molar-refractivity contribution in [2.45, 2.75) is 26.3 Å². The third-order valence-electron chi connectivity index (χ3n) is 2.96. The number of aliphatic hydroxyl groups excluding tert-OH is 1. The Labute approximate surface area is 112 Å². The van der Waals surface area contributed by atoms with Gasteiger partial charge in [0.15, 0.2) is 0 Å². The number of nitrogens with one attached hydrogen (secondary N) is 1. The van der Waals surface area contributed by atoms with E-state index >= 15 is 0 Å². The summed E-state index contributed by atoms with van der Waals surface area (Å²) in [6.07, 6.45) is 1.88. The molecular formula is C14H20FNO3. The maximum absolute atomic E-state index is 13.4. The van der Waals surface area contributed by atoms with Crippen LogP contribution in [-0.4, -0.2) is 29.3 Å². The number of rotatable bonds is 8. The minimum atomic E-state index is -1.25. The zero-order chi connectivity index (χ0) is 14.3. The predicted octanol–water partition coefficient (Wildman–Crippen LogP) is 2.02. The van der Waals surface area contributed by atoms with Crippen molar-refractivity contribution in [2.75, 3.05) is 13.2 Å². The lowest BCUT2D eigenvalue weighted by Gasteiger charge is -2.09. The van der Waals surface area contributed by atoms with Gasteiger partial charge >= 0.3 is 5.97 Å². The van der Waals surface area contributed by atoms with Crippen LogP contribution in [0.1, 0.15) is 35.7 Å². The first-order chi connectivity index (χ1) is 9.04. The van der Waals surface area contributed by atoms with E-state index in [1.165, 1.54) is 12.1 Å². The van der Waals surface area contributed by atoms with Gasteiger partial charge in [0.25, 0.3) is 0 Å². The first-order valence-electron chi connectivity index (χ1n) is 6.38. The Hall–Kier alpha value is -1.46. The van der Waals surface area contributed by atoms with Crippen molar-refractivity contribution >= 4 is 5.97 Å². The minimum Gasteiger partial charge on any atom is -0.478 e. The molecule has 0 fully saturated rings. The Kier molecular flexibility index (Phi) is 6.45. The van der Waals surface area contributed by atoms with E-state index in [0.717, 1.165) is 24.9 Å². The van der Waals surface area contributed by atoms with Gasteiger partial charge < -0.3 is 15.5 Å². The minimum absolute atomic E-state index is 0.196. The molecule has 0 heterocycles. The van der Waals surface area contributed by atoms with E-state index in [1.807, 2.05) is 6.92 Å². The number of carboxylic acid groups (broad SMARTS) is 1. The highest BCUT2D eigenvalue weighted by Crippen LogP contribution is 2.10. The number of hydrogen-bond donors (Lipinski definition) is 3. The van der Waals surface area contributed by atoms with Gasteiger partial charge in [0, 0.05) is 13.2 Å². The second-order valence-electron chi connectivity index (χ2n) is 4.73. The molecule has 0 saturated carbocycles. The van der Waals surface area contributed by atoms with Crippen molar-refractivity contribution in [1.29, 1.82) is 0 Å². The smallest absolute Gasteiger partial charge is 0.338 e. The van der Waals surface area contributed by atoms with Crippen LogP contribution in [-0.2, 0) is 6.54 Å². The van der Waals surface area contributed by atoms with Crippen LogP contribution in [0.5, 0.6) is 0 Å². The van der Waals surface area contributed by atoms with E-state index in [9.17, 15) is 9.18 Å². The van der Waals surface area contributed by atoms with Crippen LogP contribution in [0.2, 0.25) is 0 Å². The molecular weight excluding hydrogens is 249 g/mol. The zero-order valence-electron chi connectivity index (χ0n) is 11.0. The van der Waals surface area contributed by atoms with Gasteiger partial charge in [0.05, 0.1) is 5.56 Å². The van der Waals surface area contributed by atoms with Gasteiger partial charge in [0.1, 0.15) is 5.82 Å². The van der Waals surface area contributed by atoms with E-state index in [-0.39, 0.29) is 12.2 Å². The standard InChI is InChI=1S/C14H20FNO3/c1-10(9-17)3-2-6-16-8-11-4-5-12(14(18)19)13(15)7-11/h4-5,7,10,16-17H,2-3,6,8-9H2,1H3,(H,18,19). The zero-order valence-corrected chi connectivity index (χ0v) is 11.0. The second kappa shape index (κ2) is 7.86. The van der Waals surface area contributed by atoms with Crippen molar-refractivity contribution in [1.82, 2.24) is 5.32 Å². The monoisotopic (exact) mass is 269 g/mol. The van der Waals surface area contributed by atoms with Crippen molar-refractivity contribution in [3.63, 3.8) is 0 Å². The normalized spacial score (nSPS) is 12.4. The molecule has 19 heavy (non-hydrogen) atoms. The van der Waals surface area contributed by atoms with Gasteiger partial charge in [-0.25, -0.2) is 9.18 Å². The van der Waals surface area contributed by atoms with Gasteiger partial charge in [-0.1, -0.05) is 13.0 Å². The summed E-state index contributed by atoms with van der Waals surface area (Å²) in [5.41, 5.74) is 0.415. The van der Waals surface area contributed by atoms with Gasteiger partial charge in [-0.2, -0.15) is 0 Å². The predicted molar refractivity (Wildman–Crippen MR) is 70.5 cm³/mol. The summed E-state index contributed by atoms with van der Waals surface area (Å²) < 4.78 is 13.4. The van der Waals surface area contributed by atoms with Crippen LogP contribution in [0, 0.1) is 11.7 Å². The first-order valence-corrected chi connectivity index (χ1v) is 6.38. The SMILES string of the molecule is CC(CO)CCCNCc1ccc(C(=O)O)c(F)c1. The maximum atomic E-state index is 13.4. The average Bonchev–Trinajstić information content (AvgIpc) is 2.37. The van der Waals surface area contributed by atoms with Crippen molar-refractivity contribution in [3.8, 4) is 0 Å². The lowest BCUT2D eigenvalue weighted by Crippen LogP contribution is -2.16. The molecule has 0 aromatic heterocycles. The molecule has 4 nitrogen and oxygen atoms in total. The lowest BCUT2D eigenvalue weighted by molar-refractivity contribution is 0.0692. The van der Waals surface area contributed by atoms with Crippen molar-refractivity contribution < 1.29 is 19.4 Å².